The van der Waals surface area contributed by atoms with Gasteiger partial charge in [0.1, 0.15) is 19.8 Å². The molecule has 1 aliphatic carbocycles. The summed E-state index contributed by atoms with van der Waals surface area (Å²) in [6.07, 6.45) is 10.3. The molecule has 6 heteroatoms. The van der Waals surface area contributed by atoms with E-state index in [2.05, 4.69) is 14.9 Å². The van der Waals surface area contributed by atoms with Crippen LogP contribution in [-0.2, 0) is 7.05 Å². The molecule has 0 N–H and O–H groups in total. The Labute approximate surface area is 140 Å². The Balaban J connectivity index is 1.57. The molecule has 1 aromatic heterocycles. The molecule has 2 atom stereocenters. The highest BCUT2D eigenvalue weighted by Crippen LogP contribution is 2.29. The number of fused-ring (bicyclic) bond motifs is 1. The van der Waals surface area contributed by atoms with Gasteiger partial charge in [-0.2, -0.15) is 0 Å². The van der Waals surface area contributed by atoms with Crippen molar-refractivity contribution in [2.45, 2.75) is 25.1 Å². The molecule has 2 aliphatic heterocycles. The Bertz CT molecular complexity index is 678. The standard InChI is InChI=1S/C17H22FN4S/c1-20-17(22-11-10-21-9-3-6-15(21)12-22)23-16(19-20)13-4-2-5-14(18)8-7-13/h2,4-5,7-8,14-15H,3,6,9-12H2,1H3/q+1. The summed E-state index contributed by atoms with van der Waals surface area (Å²) >= 11 is 1.70. The maximum Gasteiger partial charge on any atom is 0.358 e. The molecule has 0 saturated carbocycles. The van der Waals surface area contributed by atoms with Gasteiger partial charge in [-0.05, 0) is 42.9 Å². The van der Waals surface area contributed by atoms with E-state index in [0.29, 0.717) is 6.04 Å². The Morgan fingerprint density at radius 1 is 1.30 bits per heavy atom. The lowest BCUT2D eigenvalue weighted by Gasteiger charge is -2.32. The lowest BCUT2D eigenvalue weighted by atomic mass is 10.2. The summed E-state index contributed by atoms with van der Waals surface area (Å²) in [7, 11) is 2.01. The van der Waals surface area contributed by atoms with Crippen LogP contribution in [0.5, 0.6) is 0 Å². The van der Waals surface area contributed by atoms with E-state index in [4.69, 9.17) is 0 Å². The first-order valence-electron chi connectivity index (χ1n) is 8.28. The molecule has 0 aromatic carbocycles. The second-order valence-corrected chi connectivity index (χ2v) is 7.36. The number of hydrogen-bond donors (Lipinski definition) is 0. The van der Waals surface area contributed by atoms with Gasteiger partial charge in [-0.25, -0.2) is 9.29 Å². The fourth-order valence-electron chi connectivity index (χ4n) is 3.63. The number of rotatable bonds is 2. The van der Waals surface area contributed by atoms with Crippen LogP contribution in [0, 0.1) is 0 Å². The second-order valence-electron chi connectivity index (χ2n) is 6.40. The number of piperazine rings is 1. The van der Waals surface area contributed by atoms with Crippen LogP contribution >= 0.6 is 11.3 Å². The molecule has 4 rings (SSSR count). The van der Waals surface area contributed by atoms with Crippen molar-refractivity contribution < 1.29 is 9.07 Å². The molecule has 2 fully saturated rings. The highest BCUT2D eigenvalue weighted by molar-refractivity contribution is 7.15. The van der Waals surface area contributed by atoms with Gasteiger partial charge in [-0.15, -0.1) is 4.68 Å². The quantitative estimate of drug-likeness (QED) is 0.775. The van der Waals surface area contributed by atoms with Crippen LogP contribution < -0.4 is 9.58 Å². The Kier molecular flexibility index (Phi) is 4.03. The molecule has 0 radical (unpaired) electrons. The van der Waals surface area contributed by atoms with Gasteiger partial charge in [0.05, 0.1) is 6.54 Å². The molecule has 23 heavy (non-hydrogen) atoms. The third-order valence-corrected chi connectivity index (χ3v) is 6.06. The second kappa shape index (κ2) is 6.17. The molecular formula is C17H22FN4S+. The lowest BCUT2D eigenvalue weighted by molar-refractivity contribution is -0.714. The fourth-order valence-corrected chi connectivity index (χ4v) is 4.68. The number of anilines is 1. The van der Waals surface area contributed by atoms with Crippen molar-refractivity contribution >= 4 is 22.0 Å². The minimum atomic E-state index is -1.01. The summed E-state index contributed by atoms with van der Waals surface area (Å²) < 4.78 is 15.4. The summed E-state index contributed by atoms with van der Waals surface area (Å²) in [6, 6.07) is 0.696. The predicted molar refractivity (Wildman–Crippen MR) is 91.3 cm³/mol. The number of aromatic nitrogens is 2. The maximum atomic E-state index is 13.4. The van der Waals surface area contributed by atoms with E-state index in [-0.39, 0.29) is 0 Å². The number of allylic oxidation sites excluding steroid dienone is 6. The first-order valence-corrected chi connectivity index (χ1v) is 9.09. The Morgan fingerprint density at radius 3 is 3.13 bits per heavy atom. The molecule has 0 bridgehead atoms. The van der Waals surface area contributed by atoms with E-state index >= 15 is 0 Å². The van der Waals surface area contributed by atoms with Crippen molar-refractivity contribution in [3.05, 3.63) is 35.4 Å². The first-order chi connectivity index (χ1) is 11.2. The van der Waals surface area contributed by atoms with Gasteiger partial charge in [0.25, 0.3) is 0 Å². The van der Waals surface area contributed by atoms with E-state index < -0.39 is 6.17 Å². The van der Waals surface area contributed by atoms with Gasteiger partial charge in [0, 0.05) is 18.2 Å². The number of alkyl halides is 1. The largest absolute Gasteiger partial charge is 0.358 e. The Morgan fingerprint density at radius 2 is 2.22 bits per heavy atom. The SMILES string of the molecule is C[n+]1nc(C2=CC=CC(F)C=C2)sc1N1CCN2CCCC2C1. The zero-order valence-corrected chi connectivity index (χ0v) is 14.2. The summed E-state index contributed by atoms with van der Waals surface area (Å²) in [6.45, 7) is 4.56. The summed E-state index contributed by atoms with van der Waals surface area (Å²) in [4.78, 5) is 5.07. The third-order valence-electron chi connectivity index (χ3n) is 4.84. The average molecular weight is 333 g/mol. The molecule has 3 heterocycles. The maximum absolute atomic E-state index is 13.4. The van der Waals surface area contributed by atoms with Crippen LogP contribution in [0.2, 0.25) is 0 Å². The van der Waals surface area contributed by atoms with E-state index in [1.165, 1.54) is 24.5 Å². The zero-order chi connectivity index (χ0) is 15.8. The van der Waals surface area contributed by atoms with Crippen LogP contribution in [0.1, 0.15) is 17.8 Å². The molecule has 4 nitrogen and oxygen atoms in total. The fraction of sp³-hybridized carbons (Fsp3) is 0.529. The molecule has 2 saturated heterocycles. The topological polar surface area (TPSA) is 23.2 Å². The van der Waals surface area contributed by atoms with Crippen molar-refractivity contribution in [1.29, 1.82) is 0 Å². The van der Waals surface area contributed by atoms with E-state index in [9.17, 15) is 4.39 Å². The smallest absolute Gasteiger partial charge is 0.293 e. The molecule has 2 unspecified atom stereocenters. The number of aryl methyl sites for hydroxylation is 1. The monoisotopic (exact) mass is 333 g/mol. The van der Waals surface area contributed by atoms with Crippen molar-refractivity contribution in [2.75, 3.05) is 31.1 Å². The van der Waals surface area contributed by atoms with Crippen molar-refractivity contribution in [3.63, 3.8) is 0 Å². The molecule has 122 valence electrons. The van der Waals surface area contributed by atoms with E-state index in [1.807, 2.05) is 23.9 Å². The average Bonchev–Trinajstić information content (AvgIpc) is 3.10. The Hall–Kier alpha value is -1.53. The molecule has 0 amide bonds. The molecular weight excluding hydrogens is 311 g/mol. The minimum absolute atomic E-state index is 0.696. The van der Waals surface area contributed by atoms with Crippen LogP contribution in [0.15, 0.2) is 30.4 Å². The van der Waals surface area contributed by atoms with Crippen molar-refractivity contribution in [2.24, 2.45) is 7.05 Å². The van der Waals surface area contributed by atoms with Crippen LogP contribution in [0.3, 0.4) is 0 Å². The van der Waals surface area contributed by atoms with Gasteiger partial charge in [0.2, 0.25) is 0 Å². The first kappa shape index (κ1) is 15.0. The zero-order valence-electron chi connectivity index (χ0n) is 13.4. The highest BCUT2D eigenvalue weighted by Gasteiger charge is 2.36. The predicted octanol–water partition coefficient (Wildman–Crippen LogP) is 2.10. The molecule has 3 aliphatic rings. The van der Waals surface area contributed by atoms with Crippen LogP contribution in [0.4, 0.5) is 9.52 Å². The van der Waals surface area contributed by atoms with Crippen LogP contribution in [-0.4, -0.2) is 48.4 Å². The normalized spacial score (nSPS) is 27.9. The summed E-state index contributed by atoms with van der Waals surface area (Å²) in [5.41, 5.74) is 0.979. The summed E-state index contributed by atoms with van der Waals surface area (Å²) in [5, 5.41) is 6.82. The lowest BCUT2D eigenvalue weighted by Crippen LogP contribution is -2.53. The third kappa shape index (κ3) is 2.97. The van der Waals surface area contributed by atoms with Gasteiger partial charge in [0.15, 0.2) is 5.01 Å². The highest BCUT2D eigenvalue weighted by atomic mass is 32.1. The molecule has 1 aromatic rings. The van der Waals surface area contributed by atoms with Gasteiger partial charge in [-0.3, -0.25) is 4.90 Å². The molecule has 0 spiro atoms. The number of halogens is 1. The van der Waals surface area contributed by atoms with Crippen LogP contribution in [0.25, 0.3) is 5.57 Å². The van der Waals surface area contributed by atoms with Gasteiger partial charge in [-0.1, -0.05) is 23.3 Å². The van der Waals surface area contributed by atoms with Crippen molar-refractivity contribution in [1.82, 2.24) is 10.00 Å². The van der Waals surface area contributed by atoms with Gasteiger partial charge >= 0.3 is 5.13 Å². The van der Waals surface area contributed by atoms with Crippen molar-refractivity contribution in [3.8, 4) is 0 Å². The minimum Gasteiger partial charge on any atom is -0.293 e. The van der Waals surface area contributed by atoms with E-state index in [0.717, 1.165) is 30.2 Å². The van der Waals surface area contributed by atoms with E-state index in [1.54, 1.807) is 29.6 Å². The number of hydrogen-bond acceptors (Lipinski definition) is 4. The summed E-state index contributed by atoms with van der Waals surface area (Å²) in [5.74, 6) is 0. The van der Waals surface area contributed by atoms with Gasteiger partial charge < -0.3 is 0 Å². The number of nitrogens with zero attached hydrogens (tertiary/aromatic N) is 4.